The molecule has 0 radical (unpaired) electrons. The Kier molecular flexibility index (Phi) is 8.14. The number of hydrogen-bond acceptors (Lipinski definition) is 2. The van der Waals surface area contributed by atoms with E-state index >= 15 is 0 Å². The van der Waals surface area contributed by atoms with Gasteiger partial charge in [-0.1, -0.05) is 48.5 Å². The lowest BCUT2D eigenvalue weighted by molar-refractivity contribution is 0.0690. The van der Waals surface area contributed by atoms with Crippen molar-refractivity contribution in [2.45, 2.75) is 25.7 Å². The van der Waals surface area contributed by atoms with Crippen molar-refractivity contribution in [2.75, 3.05) is 26.7 Å². The fourth-order valence-corrected chi connectivity index (χ4v) is 3.67. The molecular formula is C22H29ClN2O. The van der Waals surface area contributed by atoms with Crippen molar-refractivity contribution in [1.29, 1.82) is 0 Å². The topological polar surface area (TPSA) is 32.3 Å². The zero-order valence-electron chi connectivity index (χ0n) is 15.5. The fourth-order valence-electron chi connectivity index (χ4n) is 3.67. The lowest BCUT2D eigenvalue weighted by Gasteiger charge is -2.32. The number of rotatable bonds is 6. The second-order valence-corrected chi connectivity index (χ2v) is 6.94. The molecule has 26 heavy (non-hydrogen) atoms. The standard InChI is InChI=1S/C22H28N2O.ClH/c1-23-17-19-13-15-24(16-14-19)22(25)21-10-6-5-9-20(21)12-11-18-7-3-2-4-8-18;/h2-10,19,23H,11-17H2,1H3;1H. The minimum Gasteiger partial charge on any atom is -0.339 e. The molecule has 0 spiro atoms. The van der Waals surface area contributed by atoms with Crippen molar-refractivity contribution in [3.8, 4) is 0 Å². The number of benzene rings is 2. The van der Waals surface area contributed by atoms with Gasteiger partial charge in [0.2, 0.25) is 0 Å². The van der Waals surface area contributed by atoms with E-state index in [4.69, 9.17) is 0 Å². The van der Waals surface area contributed by atoms with E-state index in [1.54, 1.807) is 0 Å². The highest BCUT2D eigenvalue weighted by molar-refractivity contribution is 5.95. The van der Waals surface area contributed by atoms with Crippen LogP contribution in [-0.2, 0) is 12.8 Å². The predicted molar refractivity (Wildman–Crippen MR) is 110 cm³/mol. The fraction of sp³-hybridized carbons (Fsp3) is 0.409. The number of nitrogens with zero attached hydrogens (tertiary/aromatic N) is 1. The Labute approximate surface area is 163 Å². The summed E-state index contributed by atoms with van der Waals surface area (Å²) in [6.07, 6.45) is 4.06. The monoisotopic (exact) mass is 372 g/mol. The summed E-state index contributed by atoms with van der Waals surface area (Å²) in [5.41, 5.74) is 3.36. The van der Waals surface area contributed by atoms with Gasteiger partial charge in [0.1, 0.15) is 0 Å². The highest BCUT2D eigenvalue weighted by Crippen LogP contribution is 2.21. The van der Waals surface area contributed by atoms with Crippen LogP contribution in [0.3, 0.4) is 0 Å². The first-order valence-electron chi connectivity index (χ1n) is 9.33. The molecule has 1 aliphatic heterocycles. The Morgan fingerprint density at radius 3 is 2.35 bits per heavy atom. The molecule has 0 atom stereocenters. The first-order valence-corrected chi connectivity index (χ1v) is 9.33. The SMILES string of the molecule is CNCC1CCN(C(=O)c2ccccc2CCc2ccccc2)CC1.Cl. The summed E-state index contributed by atoms with van der Waals surface area (Å²) in [6, 6.07) is 18.6. The zero-order chi connectivity index (χ0) is 17.5. The number of aryl methyl sites for hydroxylation is 2. The lowest BCUT2D eigenvalue weighted by Crippen LogP contribution is -2.40. The molecule has 1 aliphatic rings. The Balaban J connectivity index is 0.00000243. The molecule has 1 saturated heterocycles. The van der Waals surface area contributed by atoms with E-state index in [1.165, 1.54) is 5.56 Å². The largest absolute Gasteiger partial charge is 0.339 e. The van der Waals surface area contributed by atoms with Gasteiger partial charge < -0.3 is 10.2 Å². The maximum Gasteiger partial charge on any atom is 0.254 e. The second-order valence-electron chi connectivity index (χ2n) is 6.94. The van der Waals surface area contributed by atoms with Crippen molar-refractivity contribution in [3.05, 3.63) is 71.3 Å². The molecule has 0 aromatic heterocycles. The third-order valence-electron chi connectivity index (χ3n) is 5.17. The van der Waals surface area contributed by atoms with E-state index < -0.39 is 0 Å². The average Bonchev–Trinajstić information content (AvgIpc) is 2.68. The number of likely N-dealkylation sites (tertiary alicyclic amines) is 1. The third-order valence-corrected chi connectivity index (χ3v) is 5.17. The Bertz CT molecular complexity index is 682. The van der Waals surface area contributed by atoms with Gasteiger partial charge in [0.15, 0.2) is 0 Å². The van der Waals surface area contributed by atoms with Crippen LogP contribution < -0.4 is 5.32 Å². The van der Waals surface area contributed by atoms with Crippen molar-refractivity contribution in [2.24, 2.45) is 5.92 Å². The molecule has 3 nitrogen and oxygen atoms in total. The van der Waals surface area contributed by atoms with E-state index in [0.29, 0.717) is 5.92 Å². The second kappa shape index (κ2) is 10.3. The minimum absolute atomic E-state index is 0. The predicted octanol–water partition coefficient (Wildman–Crippen LogP) is 3.97. The molecule has 0 unspecified atom stereocenters. The van der Waals surface area contributed by atoms with Crippen LogP contribution in [0.2, 0.25) is 0 Å². The van der Waals surface area contributed by atoms with Gasteiger partial charge in [0.05, 0.1) is 0 Å². The van der Waals surface area contributed by atoms with E-state index in [0.717, 1.165) is 56.4 Å². The zero-order valence-corrected chi connectivity index (χ0v) is 16.3. The molecule has 0 bridgehead atoms. The Hall–Kier alpha value is -1.84. The number of piperidine rings is 1. The molecule has 140 valence electrons. The highest BCUT2D eigenvalue weighted by atomic mass is 35.5. The highest BCUT2D eigenvalue weighted by Gasteiger charge is 2.24. The van der Waals surface area contributed by atoms with Crippen molar-refractivity contribution in [1.82, 2.24) is 10.2 Å². The van der Waals surface area contributed by atoms with Crippen LogP contribution in [0.5, 0.6) is 0 Å². The van der Waals surface area contributed by atoms with Crippen LogP contribution >= 0.6 is 12.4 Å². The van der Waals surface area contributed by atoms with Crippen molar-refractivity contribution < 1.29 is 4.79 Å². The van der Waals surface area contributed by atoms with Gasteiger partial charge in [-0.3, -0.25) is 4.79 Å². The van der Waals surface area contributed by atoms with Gasteiger partial charge in [-0.2, -0.15) is 0 Å². The summed E-state index contributed by atoms with van der Waals surface area (Å²) < 4.78 is 0. The molecule has 1 fully saturated rings. The smallest absolute Gasteiger partial charge is 0.254 e. The minimum atomic E-state index is 0. The number of nitrogens with one attached hydrogen (secondary N) is 1. The average molecular weight is 373 g/mol. The Morgan fingerprint density at radius 1 is 1.00 bits per heavy atom. The van der Waals surface area contributed by atoms with Gasteiger partial charge in [-0.25, -0.2) is 0 Å². The van der Waals surface area contributed by atoms with Gasteiger partial charge in [-0.15, -0.1) is 12.4 Å². The molecule has 0 saturated carbocycles. The number of carbonyl (C=O) groups excluding carboxylic acids is 1. The Morgan fingerprint density at radius 2 is 1.65 bits per heavy atom. The van der Waals surface area contributed by atoms with Crippen LogP contribution in [0.1, 0.15) is 34.3 Å². The third kappa shape index (κ3) is 5.33. The van der Waals surface area contributed by atoms with Crippen LogP contribution in [0, 0.1) is 5.92 Å². The first-order chi connectivity index (χ1) is 12.3. The van der Waals surface area contributed by atoms with E-state index in [2.05, 4.69) is 35.6 Å². The van der Waals surface area contributed by atoms with Crippen LogP contribution in [0.15, 0.2) is 54.6 Å². The molecule has 2 aromatic rings. The number of amides is 1. The van der Waals surface area contributed by atoms with Gasteiger partial charge in [0, 0.05) is 18.7 Å². The lowest BCUT2D eigenvalue weighted by atomic mass is 9.95. The summed E-state index contributed by atoms with van der Waals surface area (Å²) in [5, 5.41) is 3.25. The normalized spacial score (nSPS) is 14.7. The number of halogens is 1. The summed E-state index contributed by atoms with van der Waals surface area (Å²) >= 11 is 0. The summed E-state index contributed by atoms with van der Waals surface area (Å²) in [4.78, 5) is 15.0. The summed E-state index contributed by atoms with van der Waals surface area (Å²) in [6.45, 7) is 2.80. The maximum atomic E-state index is 13.0. The van der Waals surface area contributed by atoms with Crippen LogP contribution in [0.25, 0.3) is 0 Å². The summed E-state index contributed by atoms with van der Waals surface area (Å²) in [5.74, 6) is 0.897. The molecule has 0 aliphatic carbocycles. The van der Waals surface area contributed by atoms with Crippen LogP contribution in [-0.4, -0.2) is 37.5 Å². The van der Waals surface area contributed by atoms with Gasteiger partial charge >= 0.3 is 0 Å². The summed E-state index contributed by atoms with van der Waals surface area (Å²) in [7, 11) is 2.00. The molecular weight excluding hydrogens is 344 g/mol. The van der Waals surface area contributed by atoms with E-state index in [1.807, 2.05) is 36.2 Å². The molecule has 3 rings (SSSR count). The van der Waals surface area contributed by atoms with Crippen molar-refractivity contribution >= 4 is 18.3 Å². The quantitative estimate of drug-likeness (QED) is 0.832. The van der Waals surface area contributed by atoms with Crippen LogP contribution in [0.4, 0.5) is 0 Å². The molecule has 4 heteroatoms. The maximum absolute atomic E-state index is 13.0. The first kappa shape index (κ1) is 20.5. The van der Waals surface area contributed by atoms with E-state index in [9.17, 15) is 4.79 Å². The van der Waals surface area contributed by atoms with E-state index in [-0.39, 0.29) is 18.3 Å². The molecule has 1 amide bonds. The van der Waals surface area contributed by atoms with Crippen molar-refractivity contribution in [3.63, 3.8) is 0 Å². The van der Waals surface area contributed by atoms with Gasteiger partial charge in [-0.05, 0) is 62.4 Å². The molecule has 1 N–H and O–H groups in total. The molecule has 2 aromatic carbocycles. The molecule has 1 heterocycles. The number of hydrogen-bond donors (Lipinski definition) is 1. The van der Waals surface area contributed by atoms with Gasteiger partial charge in [0.25, 0.3) is 5.91 Å². The number of carbonyl (C=O) groups is 1.